The number of nitrogens with zero attached hydrogens (tertiary/aromatic N) is 1. The molecule has 108 valence electrons. The minimum atomic E-state index is -0.440. The van der Waals surface area contributed by atoms with E-state index in [0.29, 0.717) is 11.6 Å². The van der Waals surface area contributed by atoms with Gasteiger partial charge in [-0.3, -0.25) is 10.1 Å². The predicted octanol–water partition coefficient (Wildman–Crippen LogP) is 3.73. The van der Waals surface area contributed by atoms with Gasteiger partial charge in [-0.2, -0.15) is 0 Å². The summed E-state index contributed by atoms with van der Waals surface area (Å²) in [6.45, 7) is 0.652. The molecule has 1 atom stereocenters. The molecule has 1 saturated heterocycles. The molecule has 0 amide bonds. The monoisotopic (exact) mass is 297 g/mol. The zero-order valence-corrected chi connectivity index (χ0v) is 11.8. The first-order chi connectivity index (χ1) is 9.58. The predicted molar refractivity (Wildman–Crippen MR) is 74.3 cm³/mol. The van der Waals surface area contributed by atoms with Gasteiger partial charge in [-0.1, -0.05) is 11.6 Å². The van der Waals surface area contributed by atoms with Crippen molar-refractivity contribution in [2.75, 3.05) is 6.61 Å². The molecule has 3 rings (SSSR count). The van der Waals surface area contributed by atoms with Crippen LogP contribution in [0.4, 0.5) is 5.69 Å². The summed E-state index contributed by atoms with van der Waals surface area (Å²) in [6, 6.07) is 4.41. The number of nitro benzene ring substituents is 1. The summed E-state index contributed by atoms with van der Waals surface area (Å²) in [4.78, 5) is 10.6. The van der Waals surface area contributed by atoms with Gasteiger partial charge in [-0.25, -0.2) is 0 Å². The van der Waals surface area contributed by atoms with Gasteiger partial charge in [0.2, 0.25) is 0 Å². The smallest absolute Gasteiger partial charge is 0.311 e. The summed E-state index contributed by atoms with van der Waals surface area (Å²) < 4.78 is 11.7. The van der Waals surface area contributed by atoms with Crippen LogP contribution in [0, 0.1) is 10.1 Å². The Hall–Kier alpha value is -1.33. The van der Waals surface area contributed by atoms with Crippen molar-refractivity contribution < 1.29 is 14.4 Å². The van der Waals surface area contributed by atoms with Crippen molar-refractivity contribution in [2.45, 2.75) is 43.8 Å². The summed E-state index contributed by atoms with van der Waals surface area (Å²) in [5.74, 6) is 0.254. The molecule has 1 heterocycles. The van der Waals surface area contributed by atoms with Crippen molar-refractivity contribution in [1.82, 2.24) is 0 Å². The Balaban J connectivity index is 1.76. The third kappa shape index (κ3) is 2.60. The van der Waals surface area contributed by atoms with Crippen LogP contribution in [0.2, 0.25) is 5.02 Å². The van der Waals surface area contributed by atoms with Crippen molar-refractivity contribution in [3.8, 4) is 5.75 Å². The minimum absolute atomic E-state index is 0.0384. The van der Waals surface area contributed by atoms with E-state index < -0.39 is 4.92 Å². The Morgan fingerprint density at radius 1 is 1.45 bits per heavy atom. The van der Waals surface area contributed by atoms with Crippen molar-refractivity contribution >= 4 is 17.3 Å². The van der Waals surface area contributed by atoms with E-state index in [1.54, 1.807) is 0 Å². The molecule has 0 N–H and O–H groups in total. The third-order valence-corrected chi connectivity index (χ3v) is 4.36. The molecule has 2 aliphatic rings. The lowest BCUT2D eigenvalue weighted by atomic mass is 9.74. The number of halogens is 1. The van der Waals surface area contributed by atoms with Gasteiger partial charge in [0.1, 0.15) is 6.10 Å². The molecule has 1 unspecified atom stereocenters. The van der Waals surface area contributed by atoms with E-state index in [0.717, 1.165) is 25.7 Å². The Bertz CT molecular complexity index is 530. The highest BCUT2D eigenvalue weighted by molar-refractivity contribution is 6.30. The molecular formula is C14H16ClNO4. The molecule has 1 saturated carbocycles. The molecule has 1 aliphatic heterocycles. The number of benzene rings is 1. The summed E-state index contributed by atoms with van der Waals surface area (Å²) in [5, 5.41) is 11.5. The first kappa shape index (κ1) is 13.6. The van der Waals surface area contributed by atoms with Gasteiger partial charge >= 0.3 is 5.69 Å². The van der Waals surface area contributed by atoms with Crippen LogP contribution >= 0.6 is 11.6 Å². The average Bonchev–Trinajstić information content (AvgIpc) is 2.37. The van der Waals surface area contributed by atoms with Gasteiger partial charge in [0.15, 0.2) is 5.75 Å². The number of hydrogen-bond acceptors (Lipinski definition) is 4. The SMILES string of the molecule is O=[N+]([O-])c1ccc(Cl)cc1OC1CCOC2(CCC2)C1. The van der Waals surface area contributed by atoms with Gasteiger partial charge < -0.3 is 9.47 Å². The van der Waals surface area contributed by atoms with E-state index in [9.17, 15) is 10.1 Å². The lowest BCUT2D eigenvalue weighted by Gasteiger charge is -2.46. The average molecular weight is 298 g/mol. The highest BCUT2D eigenvalue weighted by atomic mass is 35.5. The second kappa shape index (κ2) is 5.22. The molecule has 1 aromatic carbocycles. The van der Waals surface area contributed by atoms with E-state index in [2.05, 4.69) is 0 Å². The van der Waals surface area contributed by atoms with Crippen LogP contribution in [0.1, 0.15) is 32.1 Å². The topological polar surface area (TPSA) is 61.6 Å². The lowest BCUT2D eigenvalue weighted by molar-refractivity contribution is -0.386. The maximum Gasteiger partial charge on any atom is 0.311 e. The van der Waals surface area contributed by atoms with Crippen molar-refractivity contribution in [3.63, 3.8) is 0 Å². The molecule has 6 heteroatoms. The summed E-state index contributed by atoms with van der Waals surface area (Å²) in [5.41, 5.74) is -0.0837. The van der Waals surface area contributed by atoms with E-state index in [-0.39, 0.29) is 23.1 Å². The zero-order chi connectivity index (χ0) is 14.2. The third-order valence-electron chi connectivity index (χ3n) is 4.12. The fraction of sp³-hybridized carbons (Fsp3) is 0.571. The van der Waals surface area contributed by atoms with E-state index in [1.807, 2.05) is 0 Å². The second-order valence-electron chi connectivity index (χ2n) is 5.49. The molecule has 1 spiro atoms. The molecular weight excluding hydrogens is 282 g/mol. The first-order valence-corrected chi connectivity index (χ1v) is 7.20. The maximum absolute atomic E-state index is 11.0. The van der Waals surface area contributed by atoms with Crippen LogP contribution in [0.5, 0.6) is 5.75 Å². The lowest BCUT2D eigenvalue weighted by Crippen LogP contribution is -2.48. The number of rotatable bonds is 3. The maximum atomic E-state index is 11.0. The summed E-state index contributed by atoms with van der Waals surface area (Å²) in [7, 11) is 0. The molecule has 0 radical (unpaired) electrons. The Labute approximate surface area is 122 Å². The number of hydrogen-bond donors (Lipinski definition) is 0. The van der Waals surface area contributed by atoms with E-state index >= 15 is 0 Å². The van der Waals surface area contributed by atoms with Crippen molar-refractivity contribution in [1.29, 1.82) is 0 Å². The molecule has 1 aliphatic carbocycles. The van der Waals surface area contributed by atoms with Crippen LogP contribution in [0.15, 0.2) is 18.2 Å². The Morgan fingerprint density at radius 2 is 2.25 bits per heavy atom. The molecule has 5 nitrogen and oxygen atoms in total. The van der Waals surface area contributed by atoms with E-state index in [4.69, 9.17) is 21.1 Å². The molecule has 0 bridgehead atoms. The van der Waals surface area contributed by atoms with Gasteiger partial charge in [-0.05, 0) is 25.3 Å². The summed E-state index contributed by atoms with van der Waals surface area (Å²) in [6.07, 6.45) is 4.82. The van der Waals surface area contributed by atoms with Gasteiger partial charge in [0.25, 0.3) is 0 Å². The molecule has 0 aromatic heterocycles. The van der Waals surface area contributed by atoms with Crippen LogP contribution in [0.25, 0.3) is 0 Å². The first-order valence-electron chi connectivity index (χ1n) is 6.83. The van der Waals surface area contributed by atoms with Crippen LogP contribution in [-0.2, 0) is 4.74 Å². The molecule has 1 aromatic rings. The second-order valence-corrected chi connectivity index (χ2v) is 5.92. The highest BCUT2D eigenvalue weighted by Crippen LogP contribution is 2.43. The Kier molecular flexibility index (Phi) is 3.56. The van der Waals surface area contributed by atoms with Crippen molar-refractivity contribution in [2.24, 2.45) is 0 Å². The number of ether oxygens (including phenoxy) is 2. The number of nitro groups is 1. The standard InChI is InChI=1S/C14H16ClNO4/c15-10-2-3-12(16(17)18)13(8-10)20-11-4-7-19-14(9-11)5-1-6-14/h2-3,8,11H,1,4-7,9H2. The zero-order valence-electron chi connectivity index (χ0n) is 11.0. The quantitative estimate of drug-likeness (QED) is 0.630. The van der Waals surface area contributed by atoms with E-state index in [1.165, 1.54) is 24.6 Å². The minimum Gasteiger partial charge on any atom is -0.483 e. The van der Waals surface area contributed by atoms with Crippen molar-refractivity contribution in [3.05, 3.63) is 33.3 Å². The van der Waals surface area contributed by atoms with Gasteiger partial charge in [-0.15, -0.1) is 0 Å². The van der Waals surface area contributed by atoms with Gasteiger partial charge in [0, 0.05) is 30.0 Å². The molecule has 2 fully saturated rings. The highest BCUT2D eigenvalue weighted by Gasteiger charge is 2.43. The molecule has 20 heavy (non-hydrogen) atoms. The van der Waals surface area contributed by atoms with Crippen LogP contribution in [0.3, 0.4) is 0 Å². The van der Waals surface area contributed by atoms with Gasteiger partial charge in [0.05, 0.1) is 17.1 Å². The van der Waals surface area contributed by atoms with Crippen LogP contribution in [-0.4, -0.2) is 23.2 Å². The van der Waals surface area contributed by atoms with Crippen LogP contribution < -0.4 is 4.74 Å². The normalized spacial score (nSPS) is 24.1. The Morgan fingerprint density at radius 3 is 2.90 bits per heavy atom. The fourth-order valence-electron chi connectivity index (χ4n) is 2.92. The largest absolute Gasteiger partial charge is 0.483 e. The summed E-state index contributed by atoms with van der Waals surface area (Å²) >= 11 is 5.91. The fourth-order valence-corrected chi connectivity index (χ4v) is 3.08.